The SMILES string of the molecule is CC(C)CC(C)CC(=O)N(C)C(C)CN.Cl. The maximum absolute atomic E-state index is 11.8. The molecule has 2 unspecified atom stereocenters. The van der Waals surface area contributed by atoms with Crippen LogP contribution in [0.25, 0.3) is 0 Å². The standard InChI is InChI=1S/C12H26N2O.ClH/c1-9(2)6-10(3)7-12(15)14(5)11(4)8-13;/h9-11H,6-8,13H2,1-5H3;1H. The van der Waals surface area contributed by atoms with Gasteiger partial charge in [0.2, 0.25) is 5.91 Å². The largest absolute Gasteiger partial charge is 0.342 e. The number of likely N-dealkylation sites (N-methyl/N-ethyl adjacent to an activating group) is 1. The average molecular weight is 251 g/mol. The van der Waals surface area contributed by atoms with Crippen molar-refractivity contribution in [2.75, 3.05) is 13.6 Å². The van der Waals surface area contributed by atoms with Crippen LogP contribution in [0.2, 0.25) is 0 Å². The van der Waals surface area contributed by atoms with Crippen molar-refractivity contribution in [3.8, 4) is 0 Å². The first-order valence-electron chi connectivity index (χ1n) is 5.84. The minimum absolute atomic E-state index is 0. The molecule has 0 bridgehead atoms. The molecule has 0 radical (unpaired) electrons. The fourth-order valence-corrected chi connectivity index (χ4v) is 1.73. The van der Waals surface area contributed by atoms with Crippen molar-refractivity contribution in [2.45, 2.75) is 46.6 Å². The Kier molecular flexibility index (Phi) is 9.98. The van der Waals surface area contributed by atoms with Gasteiger partial charge in [0.05, 0.1) is 0 Å². The van der Waals surface area contributed by atoms with Gasteiger partial charge in [0.1, 0.15) is 0 Å². The highest BCUT2D eigenvalue weighted by Crippen LogP contribution is 2.15. The average Bonchev–Trinajstić information content (AvgIpc) is 2.13. The third-order valence-corrected chi connectivity index (χ3v) is 2.79. The Bertz CT molecular complexity index is 197. The van der Waals surface area contributed by atoms with Crippen molar-refractivity contribution >= 4 is 18.3 Å². The zero-order valence-electron chi connectivity index (χ0n) is 11.2. The van der Waals surface area contributed by atoms with Gasteiger partial charge in [-0.25, -0.2) is 0 Å². The Balaban J connectivity index is 0. The quantitative estimate of drug-likeness (QED) is 0.786. The second kappa shape index (κ2) is 8.82. The highest BCUT2D eigenvalue weighted by molar-refractivity contribution is 5.85. The third-order valence-electron chi connectivity index (χ3n) is 2.79. The molecular weight excluding hydrogens is 224 g/mol. The number of amides is 1. The van der Waals surface area contributed by atoms with Crippen LogP contribution in [-0.2, 0) is 4.79 Å². The summed E-state index contributed by atoms with van der Waals surface area (Å²) in [7, 11) is 1.84. The van der Waals surface area contributed by atoms with Crippen molar-refractivity contribution in [1.29, 1.82) is 0 Å². The summed E-state index contributed by atoms with van der Waals surface area (Å²) in [5.41, 5.74) is 5.53. The molecule has 0 spiro atoms. The molecule has 0 heterocycles. The summed E-state index contributed by atoms with van der Waals surface area (Å²) in [6, 6.07) is 0.142. The molecule has 0 rings (SSSR count). The van der Waals surface area contributed by atoms with Crippen molar-refractivity contribution in [3.05, 3.63) is 0 Å². The fraction of sp³-hybridized carbons (Fsp3) is 0.917. The van der Waals surface area contributed by atoms with Crippen molar-refractivity contribution < 1.29 is 4.79 Å². The molecule has 1 amide bonds. The Morgan fingerprint density at radius 1 is 1.25 bits per heavy atom. The molecule has 98 valence electrons. The summed E-state index contributed by atoms with van der Waals surface area (Å²) in [5.74, 6) is 1.33. The van der Waals surface area contributed by atoms with Gasteiger partial charge >= 0.3 is 0 Å². The predicted molar refractivity (Wildman–Crippen MR) is 71.8 cm³/mol. The number of halogens is 1. The van der Waals surface area contributed by atoms with Gasteiger partial charge in [-0.1, -0.05) is 20.8 Å². The topological polar surface area (TPSA) is 46.3 Å². The minimum atomic E-state index is 0. The van der Waals surface area contributed by atoms with E-state index in [4.69, 9.17) is 5.73 Å². The summed E-state index contributed by atoms with van der Waals surface area (Å²) in [6.45, 7) is 9.02. The maximum atomic E-state index is 11.8. The fourth-order valence-electron chi connectivity index (χ4n) is 1.73. The first kappa shape index (κ1) is 18.1. The molecule has 2 atom stereocenters. The number of hydrogen-bond acceptors (Lipinski definition) is 2. The smallest absolute Gasteiger partial charge is 0.222 e. The van der Waals surface area contributed by atoms with Gasteiger partial charge in [0.15, 0.2) is 0 Å². The van der Waals surface area contributed by atoms with E-state index in [0.29, 0.717) is 24.8 Å². The lowest BCUT2D eigenvalue weighted by Gasteiger charge is -2.25. The molecular formula is C12H27ClN2O. The van der Waals surface area contributed by atoms with Crippen LogP contribution in [-0.4, -0.2) is 30.4 Å². The van der Waals surface area contributed by atoms with Crippen LogP contribution in [0.4, 0.5) is 0 Å². The van der Waals surface area contributed by atoms with E-state index in [1.807, 2.05) is 14.0 Å². The van der Waals surface area contributed by atoms with Gasteiger partial charge in [0.25, 0.3) is 0 Å². The van der Waals surface area contributed by atoms with Gasteiger partial charge in [-0.15, -0.1) is 12.4 Å². The van der Waals surface area contributed by atoms with Crippen LogP contribution < -0.4 is 5.73 Å². The molecule has 3 nitrogen and oxygen atoms in total. The van der Waals surface area contributed by atoms with E-state index < -0.39 is 0 Å². The number of carbonyl (C=O) groups excluding carboxylic acids is 1. The van der Waals surface area contributed by atoms with E-state index in [1.54, 1.807) is 4.90 Å². The van der Waals surface area contributed by atoms with E-state index in [0.717, 1.165) is 6.42 Å². The van der Waals surface area contributed by atoms with Crippen LogP contribution in [0.15, 0.2) is 0 Å². The molecule has 0 saturated heterocycles. The lowest BCUT2D eigenvalue weighted by molar-refractivity contribution is -0.132. The Labute approximate surface area is 106 Å². The van der Waals surface area contributed by atoms with E-state index in [1.165, 1.54) is 0 Å². The highest BCUT2D eigenvalue weighted by atomic mass is 35.5. The highest BCUT2D eigenvalue weighted by Gasteiger charge is 2.17. The van der Waals surface area contributed by atoms with Crippen LogP contribution in [0.5, 0.6) is 0 Å². The maximum Gasteiger partial charge on any atom is 0.222 e. The number of nitrogens with zero attached hydrogens (tertiary/aromatic N) is 1. The molecule has 0 aliphatic carbocycles. The minimum Gasteiger partial charge on any atom is -0.342 e. The molecule has 2 N–H and O–H groups in total. The molecule has 0 fully saturated rings. The van der Waals surface area contributed by atoms with Crippen molar-refractivity contribution in [3.63, 3.8) is 0 Å². The summed E-state index contributed by atoms with van der Waals surface area (Å²) in [5, 5.41) is 0. The number of hydrogen-bond donors (Lipinski definition) is 1. The third kappa shape index (κ3) is 7.07. The summed E-state index contributed by atoms with van der Waals surface area (Å²) < 4.78 is 0. The molecule has 16 heavy (non-hydrogen) atoms. The molecule has 4 heteroatoms. The Morgan fingerprint density at radius 2 is 1.75 bits per heavy atom. The molecule has 0 aromatic carbocycles. The van der Waals surface area contributed by atoms with E-state index in [-0.39, 0.29) is 24.4 Å². The lowest BCUT2D eigenvalue weighted by atomic mass is 9.95. The zero-order valence-corrected chi connectivity index (χ0v) is 12.0. The van der Waals surface area contributed by atoms with Crippen molar-refractivity contribution in [2.24, 2.45) is 17.6 Å². The molecule has 0 aliphatic heterocycles. The molecule has 0 aliphatic rings. The summed E-state index contributed by atoms with van der Waals surface area (Å²) in [6.07, 6.45) is 1.75. The summed E-state index contributed by atoms with van der Waals surface area (Å²) >= 11 is 0. The second-order valence-corrected chi connectivity index (χ2v) is 5.03. The van der Waals surface area contributed by atoms with Crippen LogP contribution in [0.1, 0.15) is 40.5 Å². The number of carbonyl (C=O) groups is 1. The monoisotopic (exact) mass is 250 g/mol. The van der Waals surface area contributed by atoms with Crippen LogP contribution >= 0.6 is 12.4 Å². The van der Waals surface area contributed by atoms with Gasteiger partial charge < -0.3 is 10.6 Å². The zero-order chi connectivity index (χ0) is 12.0. The predicted octanol–water partition coefficient (Wildman–Crippen LogP) is 2.29. The van der Waals surface area contributed by atoms with E-state index in [2.05, 4.69) is 20.8 Å². The first-order valence-corrected chi connectivity index (χ1v) is 5.84. The number of rotatable bonds is 6. The second-order valence-electron chi connectivity index (χ2n) is 5.03. The summed E-state index contributed by atoms with van der Waals surface area (Å²) in [4.78, 5) is 13.6. The van der Waals surface area contributed by atoms with Crippen molar-refractivity contribution in [1.82, 2.24) is 4.90 Å². The number of nitrogens with two attached hydrogens (primary N) is 1. The molecule has 0 saturated carbocycles. The van der Waals surface area contributed by atoms with Gasteiger partial charge in [-0.2, -0.15) is 0 Å². The van der Waals surface area contributed by atoms with Gasteiger partial charge in [-0.05, 0) is 25.2 Å². The van der Waals surface area contributed by atoms with Crippen LogP contribution in [0.3, 0.4) is 0 Å². The lowest BCUT2D eigenvalue weighted by Crippen LogP contribution is -2.40. The van der Waals surface area contributed by atoms with Gasteiger partial charge in [-0.3, -0.25) is 4.79 Å². The van der Waals surface area contributed by atoms with E-state index in [9.17, 15) is 4.79 Å². The first-order chi connectivity index (χ1) is 6.88. The Hall–Kier alpha value is -0.280. The van der Waals surface area contributed by atoms with Crippen LogP contribution in [0, 0.1) is 11.8 Å². The normalized spacial score (nSPS) is 14.2. The van der Waals surface area contributed by atoms with Gasteiger partial charge in [0, 0.05) is 26.1 Å². The molecule has 0 aromatic rings. The Morgan fingerprint density at radius 3 is 2.12 bits per heavy atom. The molecule has 0 aromatic heterocycles. The van der Waals surface area contributed by atoms with E-state index >= 15 is 0 Å².